The van der Waals surface area contributed by atoms with Crippen molar-refractivity contribution in [3.63, 3.8) is 0 Å². The van der Waals surface area contributed by atoms with Crippen LogP contribution in [0.25, 0.3) is 0 Å². The van der Waals surface area contributed by atoms with Crippen molar-refractivity contribution in [2.45, 2.75) is 38.3 Å². The van der Waals surface area contributed by atoms with E-state index in [9.17, 15) is 4.79 Å². The summed E-state index contributed by atoms with van der Waals surface area (Å²) in [4.78, 5) is 14.1. The Balaban J connectivity index is 1.91. The molecule has 0 aliphatic carbocycles. The molecule has 0 spiro atoms. The molecular formula is C12H21N3O. The molecule has 2 rings (SSSR count). The van der Waals surface area contributed by atoms with Gasteiger partial charge in [0.1, 0.15) is 0 Å². The fraction of sp³-hybridized carbons (Fsp3) is 0.750. The van der Waals surface area contributed by atoms with Crippen molar-refractivity contribution in [3.05, 3.63) is 22.9 Å². The number of hydrogen-bond donors (Lipinski definition) is 0. The lowest BCUT2D eigenvalue weighted by Gasteiger charge is -2.32. The summed E-state index contributed by atoms with van der Waals surface area (Å²) in [7, 11) is 3.99. The van der Waals surface area contributed by atoms with Crippen LogP contribution in [0.4, 0.5) is 0 Å². The maximum Gasteiger partial charge on any atom is 0.327 e. The Hall–Kier alpha value is -1.03. The molecule has 2 heterocycles. The number of likely N-dealkylation sites (tertiary alicyclic amines) is 1. The quantitative estimate of drug-likeness (QED) is 0.767. The topological polar surface area (TPSA) is 30.2 Å². The number of nitrogens with zero attached hydrogens (tertiary/aromatic N) is 3. The van der Waals surface area contributed by atoms with Gasteiger partial charge in [-0.1, -0.05) is 6.42 Å². The van der Waals surface area contributed by atoms with E-state index >= 15 is 0 Å². The molecule has 1 unspecified atom stereocenters. The number of rotatable bonds is 3. The lowest BCUT2D eigenvalue weighted by atomic mass is 10.0. The van der Waals surface area contributed by atoms with E-state index in [2.05, 4.69) is 11.9 Å². The Kier molecular flexibility index (Phi) is 3.49. The largest absolute Gasteiger partial charge is 0.327 e. The van der Waals surface area contributed by atoms with Crippen molar-refractivity contribution in [3.8, 4) is 0 Å². The summed E-state index contributed by atoms with van der Waals surface area (Å²) in [6, 6.07) is 0.654. The number of aromatic nitrogens is 2. The summed E-state index contributed by atoms with van der Waals surface area (Å²) in [5, 5.41) is 0. The minimum absolute atomic E-state index is 0.0958. The molecule has 1 fully saturated rings. The molecule has 1 aromatic rings. The molecular weight excluding hydrogens is 202 g/mol. The monoisotopic (exact) mass is 223 g/mol. The van der Waals surface area contributed by atoms with E-state index in [4.69, 9.17) is 0 Å². The van der Waals surface area contributed by atoms with Crippen molar-refractivity contribution in [1.29, 1.82) is 0 Å². The zero-order valence-corrected chi connectivity index (χ0v) is 10.2. The van der Waals surface area contributed by atoms with Crippen molar-refractivity contribution in [2.24, 2.45) is 7.05 Å². The van der Waals surface area contributed by atoms with Gasteiger partial charge in [0.25, 0.3) is 0 Å². The molecule has 0 bridgehead atoms. The maximum atomic E-state index is 11.6. The highest BCUT2D eigenvalue weighted by Gasteiger charge is 2.18. The predicted octanol–water partition coefficient (Wildman–Crippen LogP) is 1.06. The van der Waals surface area contributed by atoms with Gasteiger partial charge in [-0.15, -0.1) is 0 Å². The van der Waals surface area contributed by atoms with Crippen LogP contribution in [0.15, 0.2) is 17.2 Å². The van der Waals surface area contributed by atoms with Crippen LogP contribution in [0.3, 0.4) is 0 Å². The second kappa shape index (κ2) is 4.87. The van der Waals surface area contributed by atoms with E-state index in [-0.39, 0.29) is 5.69 Å². The summed E-state index contributed by atoms with van der Waals surface area (Å²) >= 11 is 0. The number of piperidine rings is 1. The second-order valence-electron chi connectivity index (χ2n) is 4.80. The molecule has 90 valence electrons. The van der Waals surface area contributed by atoms with Gasteiger partial charge in [0.2, 0.25) is 0 Å². The van der Waals surface area contributed by atoms with E-state index in [1.807, 2.05) is 17.0 Å². The van der Waals surface area contributed by atoms with Crippen molar-refractivity contribution >= 4 is 0 Å². The zero-order valence-electron chi connectivity index (χ0n) is 10.2. The van der Waals surface area contributed by atoms with E-state index in [1.54, 1.807) is 11.6 Å². The highest BCUT2D eigenvalue weighted by atomic mass is 16.1. The first-order valence-corrected chi connectivity index (χ1v) is 6.10. The van der Waals surface area contributed by atoms with Crippen LogP contribution in [0.2, 0.25) is 0 Å². The fourth-order valence-electron chi connectivity index (χ4n) is 2.48. The van der Waals surface area contributed by atoms with Gasteiger partial charge in [-0.25, -0.2) is 4.79 Å². The van der Waals surface area contributed by atoms with E-state index in [1.165, 1.54) is 25.8 Å². The SMILES string of the molecule is CN1CCCCC1CCn1ccn(C)c1=O. The number of hydrogen-bond acceptors (Lipinski definition) is 2. The minimum atomic E-state index is 0.0958. The lowest BCUT2D eigenvalue weighted by molar-refractivity contribution is 0.170. The van der Waals surface area contributed by atoms with Crippen LogP contribution >= 0.6 is 0 Å². The maximum absolute atomic E-state index is 11.6. The summed E-state index contributed by atoms with van der Waals surface area (Å²) < 4.78 is 3.44. The Labute approximate surface area is 96.5 Å². The van der Waals surface area contributed by atoms with Crippen LogP contribution in [-0.2, 0) is 13.6 Å². The molecule has 0 aromatic carbocycles. The first-order valence-electron chi connectivity index (χ1n) is 6.10. The van der Waals surface area contributed by atoms with Gasteiger partial charge in [0.05, 0.1) is 0 Å². The first kappa shape index (κ1) is 11.5. The summed E-state index contributed by atoms with van der Waals surface area (Å²) in [5.74, 6) is 0. The Morgan fingerprint density at radius 1 is 1.31 bits per heavy atom. The molecule has 1 aliphatic rings. The molecule has 4 nitrogen and oxygen atoms in total. The third kappa shape index (κ3) is 2.38. The number of imidazole rings is 1. The molecule has 0 saturated carbocycles. The lowest BCUT2D eigenvalue weighted by Crippen LogP contribution is -2.37. The molecule has 16 heavy (non-hydrogen) atoms. The molecule has 0 N–H and O–H groups in total. The Bertz CT molecular complexity index is 393. The van der Waals surface area contributed by atoms with Crippen LogP contribution in [0.5, 0.6) is 0 Å². The van der Waals surface area contributed by atoms with E-state index in [0.717, 1.165) is 13.0 Å². The van der Waals surface area contributed by atoms with Gasteiger partial charge >= 0.3 is 5.69 Å². The van der Waals surface area contributed by atoms with Crippen LogP contribution in [-0.4, -0.2) is 33.7 Å². The van der Waals surface area contributed by atoms with Crippen molar-refractivity contribution in [2.75, 3.05) is 13.6 Å². The highest BCUT2D eigenvalue weighted by Crippen LogP contribution is 2.17. The molecule has 1 saturated heterocycles. The van der Waals surface area contributed by atoms with Crippen molar-refractivity contribution in [1.82, 2.24) is 14.0 Å². The van der Waals surface area contributed by atoms with Crippen molar-refractivity contribution < 1.29 is 0 Å². The smallest absolute Gasteiger partial charge is 0.303 e. The summed E-state index contributed by atoms with van der Waals surface area (Å²) in [6.45, 7) is 2.04. The van der Waals surface area contributed by atoms with Crippen LogP contribution < -0.4 is 5.69 Å². The third-order valence-electron chi connectivity index (χ3n) is 3.64. The highest BCUT2D eigenvalue weighted by molar-refractivity contribution is 4.81. The minimum Gasteiger partial charge on any atom is -0.303 e. The molecule has 4 heteroatoms. The standard InChI is InChI=1S/C12H21N3O/c1-13-7-4-3-5-11(13)6-8-15-10-9-14(2)12(15)16/h9-11H,3-8H2,1-2H3. The normalized spacial score (nSPS) is 22.5. The van der Waals surface area contributed by atoms with E-state index < -0.39 is 0 Å². The molecule has 1 atom stereocenters. The van der Waals surface area contributed by atoms with Gasteiger partial charge in [-0.3, -0.25) is 4.57 Å². The van der Waals surface area contributed by atoms with Crippen LogP contribution in [0.1, 0.15) is 25.7 Å². The van der Waals surface area contributed by atoms with Gasteiger partial charge in [0, 0.05) is 32.0 Å². The molecule has 1 aromatic heterocycles. The number of aryl methyl sites for hydroxylation is 2. The molecule has 0 amide bonds. The average molecular weight is 223 g/mol. The fourth-order valence-corrected chi connectivity index (χ4v) is 2.48. The third-order valence-corrected chi connectivity index (χ3v) is 3.64. The van der Waals surface area contributed by atoms with Gasteiger partial charge in [-0.2, -0.15) is 0 Å². The summed E-state index contributed by atoms with van der Waals surface area (Å²) in [6.07, 6.45) is 8.72. The average Bonchev–Trinajstić information content (AvgIpc) is 2.59. The first-order chi connectivity index (χ1) is 7.68. The van der Waals surface area contributed by atoms with Gasteiger partial charge < -0.3 is 9.47 Å². The van der Waals surface area contributed by atoms with Crippen LogP contribution in [0, 0.1) is 0 Å². The second-order valence-corrected chi connectivity index (χ2v) is 4.80. The summed E-state index contributed by atoms with van der Waals surface area (Å²) in [5.41, 5.74) is 0.0958. The molecule has 0 radical (unpaired) electrons. The Morgan fingerprint density at radius 2 is 2.12 bits per heavy atom. The Morgan fingerprint density at radius 3 is 2.75 bits per heavy atom. The van der Waals surface area contributed by atoms with E-state index in [0.29, 0.717) is 6.04 Å². The van der Waals surface area contributed by atoms with Gasteiger partial charge in [0.15, 0.2) is 0 Å². The predicted molar refractivity (Wildman–Crippen MR) is 64.6 cm³/mol. The zero-order chi connectivity index (χ0) is 11.5. The van der Waals surface area contributed by atoms with Gasteiger partial charge in [-0.05, 0) is 32.9 Å². The molecule has 1 aliphatic heterocycles.